The third-order valence-corrected chi connectivity index (χ3v) is 2.73. The second-order valence-electron chi connectivity index (χ2n) is 3.74. The van der Waals surface area contributed by atoms with Gasteiger partial charge < -0.3 is 19.5 Å². The van der Waals surface area contributed by atoms with Crippen molar-refractivity contribution in [3.8, 4) is 0 Å². The summed E-state index contributed by atoms with van der Waals surface area (Å²) in [5.41, 5.74) is 0. The number of carbonyl (C=O) groups excluding carboxylic acids is 1. The summed E-state index contributed by atoms with van der Waals surface area (Å²) in [6, 6.07) is 0. The van der Waals surface area contributed by atoms with Crippen LogP contribution >= 0.6 is 0 Å². The molecule has 1 aliphatic rings. The lowest BCUT2D eigenvalue weighted by Gasteiger charge is -2.14. The molecular formula is C10H17NO5. The van der Waals surface area contributed by atoms with Gasteiger partial charge in [-0.15, -0.1) is 0 Å². The number of aliphatic carboxylic acids is 1. The van der Waals surface area contributed by atoms with Crippen LogP contribution in [0, 0.1) is 0 Å². The van der Waals surface area contributed by atoms with Gasteiger partial charge in [0.25, 0.3) is 0 Å². The summed E-state index contributed by atoms with van der Waals surface area (Å²) in [4.78, 5) is 23.6. The summed E-state index contributed by atoms with van der Waals surface area (Å²) < 4.78 is 10.4. The molecule has 2 atom stereocenters. The highest BCUT2D eigenvalue weighted by Crippen LogP contribution is 2.16. The Bertz CT molecular complexity index is 256. The van der Waals surface area contributed by atoms with Gasteiger partial charge in [-0.05, 0) is 0 Å². The summed E-state index contributed by atoms with van der Waals surface area (Å²) in [7, 11) is 3.14. The van der Waals surface area contributed by atoms with Crippen LogP contribution in [0.4, 0.5) is 0 Å². The van der Waals surface area contributed by atoms with E-state index in [4.69, 9.17) is 14.6 Å². The molecule has 0 bridgehead atoms. The number of methoxy groups -OCH3 is 2. The van der Waals surface area contributed by atoms with Crippen LogP contribution in [0.5, 0.6) is 0 Å². The molecule has 6 heteroatoms. The first-order valence-corrected chi connectivity index (χ1v) is 5.13. The monoisotopic (exact) mass is 231 g/mol. The fourth-order valence-corrected chi connectivity index (χ4v) is 1.77. The standard InChI is InChI=1S/C10H17NO5/c1-15-7-5-11(6-8(7)16-2)9(12)3-4-10(13)14/h7-8H,3-6H2,1-2H3,(H,13,14)/t7-,8-/m0/s1. The summed E-state index contributed by atoms with van der Waals surface area (Å²) in [5, 5.41) is 8.48. The molecule has 1 fully saturated rings. The molecule has 1 N–H and O–H groups in total. The average Bonchev–Trinajstić information content (AvgIpc) is 2.68. The first-order valence-electron chi connectivity index (χ1n) is 5.13. The van der Waals surface area contributed by atoms with Crippen LogP contribution < -0.4 is 0 Å². The van der Waals surface area contributed by atoms with Crippen molar-refractivity contribution in [3.63, 3.8) is 0 Å². The van der Waals surface area contributed by atoms with Gasteiger partial charge in [-0.25, -0.2) is 0 Å². The Kier molecular flexibility index (Phi) is 4.70. The van der Waals surface area contributed by atoms with Crippen molar-refractivity contribution in [2.24, 2.45) is 0 Å². The number of carbonyl (C=O) groups is 2. The van der Waals surface area contributed by atoms with Crippen LogP contribution in [-0.2, 0) is 19.1 Å². The lowest BCUT2D eigenvalue weighted by atomic mass is 10.3. The third kappa shape index (κ3) is 3.18. The third-order valence-electron chi connectivity index (χ3n) is 2.73. The van der Waals surface area contributed by atoms with Gasteiger partial charge in [0, 0.05) is 33.7 Å². The second kappa shape index (κ2) is 5.81. The van der Waals surface area contributed by atoms with E-state index >= 15 is 0 Å². The van der Waals surface area contributed by atoms with Gasteiger partial charge in [0.1, 0.15) is 12.2 Å². The molecule has 0 aromatic carbocycles. The Balaban J connectivity index is 2.44. The molecule has 16 heavy (non-hydrogen) atoms. The van der Waals surface area contributed by atoms with Gasteiger partial charge in [-0.1, -0.05) is 0 Å². The highest BCUT2D eigenvalue weighted by Gasteiger charge is 2.35. The molecular weight excluding hydrogens is 214 g/mol. The number of nitrogens with zero attached hydrogens (tertiary/aromatic N) is 1. The highest BCUT2D eigenvalue weighted by molar-refractivity contribution is 5.81. The predicted molar refractivity (Wildman–Crippen MR) is 55.0 cm³/mol. The molecule has 0 aromatic rings. The molecule has 92 valence electrons. The van der Waals surface area contributed by atoms with Crippen molar-refractivity contribution in [1.29, 1.82) is 0 Å². The molecule has 0 radical (unpaired) electrons. The van der Waals surface area contributed by atoms with Crippen LogP contribution in [0.3, 0.4) is 0 Å². The van der Waals surface area contributed by atoms with Crippen molar-refractivity contribution in [1.82, 2.24) is 4.90 Å². The fraction of sp³-hybridized carbons (Fsp3) is 0.800. The van der Waals surface area contributed by atoms with Crippen LogP contribution in [0.25, 0.3) is 0 Å². The van der Waals surface area contributed by atoms with E-state index in [0.29, 0.717) is 13.1 Å². The number of ether oxygens (including phenoxy) is 2. The van der Waals surface area contributed by atoms with Gasteiger partial charge >= 0.3 is 5.97 Å². The number of carboxylic acids is 1. The van der Waals surface area contributed by atoms with E-state index in [1.165, 1.54) is 0 Å². The summed E-state index contributed by atoms with van der Waals surface area (Å²) in [6.07, 6.45) is -0.357. The Morgan fingerprint density at radius 2 is 1.69 bits per heavy atom. The molecule has 1 heterocycles. The quantitative estimate of drug-likeness (QED) is 0.704. The Morgan fingerprint density at radius 1 is 1.19 bits per heavy atom. The molecule has 0 aromatic heterocycles. The van der Waals surface area contributed by atoms with Crippen LogP contribution in [0.2, 0.25) is 0 Å². The van der Waals surface area contributed by atoms with E-state index in [9.17, 15) is 9.59 Å². The summed E-state index contributed by atoms with van der Waals surface area (Å²) in [6.45, 7) is 0.931. The van der Waals surface area contributed by atoms with E-state index in [1.54, 1.807) is 19.1 Å². The molecule has 0 saturated carbocycles. The largest absolute Gasteiger partial charge is 0.481 e. The topological polar surface area (TPSA) is 76.1 Å². The molecule has 0 spiro atoms. The number of hydrogen-bond acceptors (Lipinski definition) is 4. The lowest BCUT2D eigenvalue weighted by molar-refractivity contribution is -0.140. The van der Waals surface area contributed by atoms with E-state index in [1.807, 2.05) is 0 Å². The maximum absolute atomic E-state index is 11.6. The molecule has 1 amide bonds. The normalized spacial score (nSPS) is 24.8. The van der Waals surface area contributed by atoms with E-state index in [0.717, 1.165) is 0 Å². The zero-order valence-corrected chi connectivity index (χ0v) is 9.51. The van der Waals surface area contributed by atoms with Gasteiger partial charge in [-0.2, -0.15) is 0 Å². The lowest BCUT2D eigenvalue weighted by Crippen LogP contribution is -2.30. The van der Waals surface area contributed by atoms with Crippen LogP contribution in [0.1, 0.15) is 12.8 Å². The Morgan fingerprint density at radius 3 is 2.06 bits per heavy atom. The van der Waals surface area contributed by atoms with Gasteiger partial charge in [0.15, 0.2) is 0 Å². The average molecular weight is 231 g/mol. The van der Waals surface area contributed by atoms with Gasteiger partial charge in [0.2, 0.25) is 5.91 Å². The highest BCUT2D eigenvalue weighted by atomic mass is 16.5. The number of rotatable bonds is 5. The van der Waals surface area contributed by atoms with Crippen molar-refractivity contribution in [3.05, 3.63) is 0 Å². The second-order valence-corrected chi connectivity index (χ2v) is 3.74. The molecule has 6 nitrogen and oxygen atoms in total. The Hall–Kier alpha value is -1.14. The summed E-state index contributed by atoms with van der Waals surface area (Å²) >= 11 is 0. The Labute approximate surface area is 94.1 Å². The number of hydrogen-bond donors (Lipinski definition) is 1. The first kappa shape index (κ1) is 12.9. The molecule has 1 aliphatic heterocycles. The fourth-order valence-electron chi connectivity index (χ4n) is 1.77. The van der Waals surface area contributed by atoms with E-state index in [2.05, 4.69) is 0 Å². The van der Waals surface area contributed by atoms with E-state index < -0.39 is 5.97 Å². The predicted octanol–water partition coefficient (Wildman–Crippen LogP) is -0.277. The van der Waals surface area contributed by atoms with Crippen molar-refractivity contribution >= 4 is 11.9 Å². The molecule has 1 rings (SSSR count). The number of carboxylic acid groups (broad SMARTS) is 1. The van der Waals surface area contributed by atoms with Crippen LogP contribution in [0.15, 0.2) is 0 Å². The van der Waals surface area contributed by atoms with Gasteiger partial charge in [-0.3, -0.25) is 9.59 Å². The minimum atomic E-state index is -0.959. The zero-order chi connectivity index (χ0) is 12.1. The number of likely N-dealkylation sites (tertiary alicyclic amines) is 1. The molecule has 1 saturated heterocycles. The minimum Gasteiger partial charge on any atom is -0.481 e. The smallest absolute Gasteiger partial charge is 0.303 e. The minimum absolute atomic E-state index is 0.0300. The van der Waals surface area contributed by atoms with Crippen molar-refractivity contribution in [2.75, 3.05) is 27.3 Å². The summed E-state index contributed by atoms with van der Waals surface area (Å²) in [5.74, 6) is -1.12. The van der Waals surface area contributed by atoms with Crippen molar-refractivity contribution in [2.45, 2.75) is 25.0 Å². The SMILES string of the molecule is CO[C@H]1CN(C(=O)CCC(=O)O)C[C@@H]1OC. The van der Waals surface area contributed by atoms with Crippen molar-refractivity contribution < 1.29 is 24.2 Å². The van der Waals surface area contributed by atoms with Gasteiger partial charge in [0.05, 0.1) is 6.42 Å². The molecule has 0 unspecified atom stereocenters. The van der Waals surface area contributed by atoms with Crippen LogP contribution in [-0.4, -0.2) is 61.4 Å². The molecule has 0 aliphatic carbocycles. The maximum Gasteiger partial charge on any atom is 0.303 e. The zero-order valence-electron chi connectivity index (χ0n) is 9.51. The first-order chi connectivity index (χ1) is 7.58. The number of amides is 1. The maximum atomic E-state index is 11.6. The van der Waals surface area contributed by atoms with E-state index in [-0.39, 0.29) is 31.0 Å².